The van der Waals surface area contributed by atoms with Gasteiger partial charge in [-0.3, -0.25) is 4.90 Å². The highest BCUT2D eigenvalue weighted by molar-refractivity contribution is 5.17. The number of hydrogen-bond acceptors (Lipinski definition) is 3. The number of nitrogens with two attached hydrogens (primary N) is 1. The maximum atomic E-state index is 13.5. The Morgan fingerprint density at radius 1 is 1.53 bits per heavy atom. The molecule has 17 heavy (non-hydrogen) atoms. The van der Waals surface area contributed by atoms with Crippen LogP contribution in [0.1, 0.15) is 12.5 Å². The van der Waals surface area contributed by atoms with Crippen LogP contribution in [-0.4, -0.2) is 36.7 Å². The van der Waals surface area contributed by atoms with Gasteiger partial charge in [0.25, 0.3) is 0 Å². The fraction of sp³-hybridized carbons (Fsp3) is 0.538. The molecular weight excluding hydrogens is 219 g/mol. The quantitative estimate of drug-likeness (QED) is 0.864. The van der Waals surface area contributed by atoms with E-state index in [1.165, 1.54) is 6.07 Å². The zero-order valence-electron chi connectivity index (χ0n) is 10.1. The summed E-state index contributed by atoms with van der Waals surface area (Å²) in [6, 6.07) is 6.91. The molecule has 2 unspecified atom stereocenters. The van der Waals surface area contributed by atoms with Gasteiger partial charge in [-0.1, -0.05) is 18.2 Å². The molecule has 2 rings (SSSR count). The number of halogens is 1. The predicted octanol–water partition coefficient (Wildman–Crippen LogP) is 1.37. The average Bonchev–Trinajstić information content (AvgIpc) is 2.32. The molecule has 2 N–H and O–H groups in total. The summed E-state index contributed by atoms with van der Waals surface area (Å²) >= 11 is 0. The van der Waals surface area contributed by atoms with Crippen LogP contribution >= 0.6 is 0 Å². The van der Waals surface area contributed by atoms with E-state index < -0.39 is 0 Å². The second-order valence-electron chi connectivity index (χ2n) is 4.59. The summed E-state index contributed by atoms with van der Waals surface area (Å²) in [4.78, 5) is 2.19. The lowest BCUT2D eigenvalue weighted by atomic mass is 10.1. The molecule has 0 aromatic heterocycles. The molecule has 1 heterocycles. The summed E-state index contributed by atoms with van der Waals surface area (Å²) in [6.07, 6.45) is 0.0514. The van der Waals surface area contributed by atoms with Crippen LogP contribution in [-0.2, 0) is 11.3 Å². The van der Waals surface area contributed by atoms with Crippen molar-refractivity contribution in [2.24, 2.45) is 5.73 Å². The van der Waals surface area contributed by atoms with Crippen LogP contribution in [0.5, 0.6) is 0 Å². The number of benzene rings is 1. The van der Waals surface area contributed by atoms with E-state index in [-0.39, 0.29) is 18.0 Å². The summed E-state index contributed by atoms with van der Waals surface area (Å²) in [7, 11) is 0. The Morgan fingerprint density at radius 2 is 2.29 bits per heavy atom. The fourth-order valence-corrected chi connectivity index (χ4v) is 2.06. The SMILES string of the molecule is CC(N)C1CN(Cc2ccccc2F)CCO1. The van der Waals surface area contributed by atoms with Crippen molar-refractivity contribution in [2.75, 3.05) is 19.7 Å². The number of ether oxygens (including phenoxy) is 1. The minimum absolute atomic E-state index is 0.0124. The smallest absolute Gasteiger partial charge is 0.127 e. The van der Waals surface area contributed by atoms with Gasteiger partial charge in [0.2, 0.25) is 0 Å². The van der Waals surface area contributed by atoms with E-state index >= 15 is 0 Å². The van der Waals surface area contributed by atoms with Crippen LogP contribution in [0, 0.1) is 5.82 Å². The zero-order chi connectivity index (χ0) is 12.3. The molecule has 4 heteroatoms. The Kier molecular flexibility index (Phi) is 4.10. The minimum atomic E-state index is -0.142. The van der Waals surface area contributed by atoms with Gasteiger partial charge in [0, 0.05) is 31.2 Å². The lowest BCUT2D eigenvalue weighted by Crippen LogP contribution is -2.49. The fourth-order valence-electron chi connectivity index (χ4n) is 2.06. The summed E-state index contributed by atoms with van der Waals surface area (Å²) in [5.41, 5.74) is 6.56. The van der Waals surface area contributed by atoms with Crippen molar-refractivity contribution in [1.82, 2.24) is 4.90 Å². The van der Waals surface area contributed by atoms with Gasteiger partial charge < -0.3 is 10.5 Å². The highest BCUT2D eigenvalue weighted by Gasteiger charge is 2.23. The predicted molar refractivity (Wildman–Crippen MR) is 65.1 cm³/mol. The van der Waals surface area contributed by atoms with Crippen molar-refractivity contribution in [1.29, 1.82) is 0 Å². The molecule has 0 aliphatic carbocycles. The molecule has 0 radical (unpaired) electrons. The molecule has 94 valence electrons. The topological polar surface area (TPSA) is 38.5 Å². The van der Waals surface area contributed by atoms with Gasteiger partial charge in [-0.15, -0.1) is 0 Å². The van der Waals surface area contributed by atoms with E-state index in [0.29, 0.717) is 13.2 Å². The summed E-state index contributed by atoms with van der Waals surface area (Å²) in [6.45, 7) is 4.83. The molecule has 1 aliphatic rings. The van der Waals surface area contributed by atoms with E-state index in [9.17, 15) is 4.39 Å². The van der Waals surface area contributed by atoms with E-state index in [4.69, 9.17) is 10.5 Å². The average molecular weight is 238 g/mol. The molecule has 1 aromatic rings. The van der Waals surface area contributed by atoms with Crippen LogP contribution in [0.25, 0.3) is 0 Å². The van der Waals surface area contributed by atoms with Crippen molar-refractivity contribution in [2.45, 2.75) is 25.6 Å². The van der Waals surface area contributed by atoms with Crippen LogP contribution in [0.15, 0.2) is 24.3 Å². The highest BCUT2D eigenvalue weighted by atomic mass is 19.1. The first-order valence-corrected chi connectivity index (χ1v) is 6.00. The van der Waals surface area contributed by atoms with Gasteiger partial charge in [0.05, 0.1) is 12.7 Å². The first-order chi connectivity index (χ1) is 8.16. The minimum Gasteiger partial charge on any atom is -0.374 e. The zero-order valence-corrected chi connectivity index (χ0v) is 10.1. The molecule has 0 spiro atoms. The Labute approximate surface area is 101 Å². The molecule has 0 saturated carbocycles. The Bertz CT molecular complexity index is 370. The van der Waals surface area contributed by atoms with Gasteiger partial charge in [0.1, 0.15) is 5.82 Å². The first kappa shape index (κ1) is 12.5. The van der Waals surface area contributed by atoms with E-state index in [0.717, 1.165) is 18.7 Å². The third-order valence-corrected chi connectivity index (χ3v) is 3.12. The number of morpholine rings is 1. The van der Waals surface area contributed by atoms with Crippen molar-refractivity contribution in [3.8, 4) is 0 Å². The second-order valence-corrected chi connectivity index (χ2v) is 4.59. The molecular formula is C13H19FN2O. The molecule has 0 amide bonds. The Hall–Kier alpha value is -0.970. The maximum absolute atomic E-state index is 13.5. The monoisotopic (exact) mass is 238 g/mol. The third-order valence-electron chi connectivity index (χ3n) is 3.12. The normalized spacial score (nSPS) is 23.6. The first-order valence-electron chi connectivity index (χ1n) is 6.00. The lowest BCUT2D eigenvalue weighted by molar-refractivity contribution is -0.0406. The highest BCUT2D eigenvalue weighted by Crippen LogP contribution is 2.14. The van der Waals surface area contributed by atoms with Crippen molar-refractivity contribution in [3.63, 3.8) is 0 Å². The summed E-state index contributed by atoms with van der Waals surface area (Å²) in [5.74, 6) is -0.142. The summed E-state index contributed by atoms with van der Waals surface area (Å²) in [5, 5.41) is 0. The number of rotatable bonds is 3. The molecule has 1 fully saturated rings. The Balaban J connectivity index is 1.97. The molecule has 1 aromatic carbocycles. The van der Waals surface area contributed by atoms with Gasteiger partial charge in [-0.25, -0.2) is 4.39 Å². The molecule has 2 atom stereocenters. The Morgan fingerprint density at radius 3 is 3.00 bits per heavy atom. The van der Waals surface area contributed by atoms with Gasteiger partial charge in [0.15, 0.2) is 0 Å². The maximum Gasteiger partial charge on any atom is 0.127 e. The van der Waals surface area contributed by atoms with E-state index in [1.54, 1.807) is 6.07 Å². The van der Waals surface area contributed by atoms with Gasteiger partial charge in [-0.05, 0) is 13.0 Å². The van der Waals surface area contributed by atoms with E-state index in [2.05, 4.69) is 4.90 Å². The number of nitrogens with zero attached hydrogens (tertiary/aromatic N) is 1. The molecule has 3 nitrogen and oxygen atoms in total. The lowest BCUT2D eigenvalue weighted by Gasteiger charge is -2.34. The standard InChI is InChI=1S/C13H19FN2O/c1-10(15)13-9-16(6-7-17-13)8-11-4-2-3-5-12(11)14/h2-5,10,13H,6-9,15H2,1H3. The third kappa shape index (κ3) is 3.25. The van der Waals surface area contributed by atoms with Crippen molar-refractivity contribution >= 4 is 0 Å². The van der Waals surface area contributed by atoms with Gasteiger partial charge in [-0.2, -0.15) is 0 Å². The molecule has 0 bridgehead atoms. The van der Waals surface area contributed by atoms with Crippen molar-refractivity contribution in [3.05, 3.63) is 35.6 Å². The van der Waals surface area contributed by atoms with Crippen molar-refractivity contribution < 1.29 is 9.13 Å². The molecule has 1 saturated heterocycles. The molecule has 1 aliphatic heterocycles. The van der Waals surface area contributed by atoms with Gasteiger partial charge >= 0.3 is 0 Å². The van der Waals surface area contributed by atoms with Crippen LogP contribution < -0.4 is 5.73 Å². The van der Waals surface area contributed by atoms with Crippen LogP contribution in [0.4, 0.5) is 4.39 Å². The van der Waals surface area contributed by atoms with Crippen LogP contribution in [0.3, 0.4) is 0 Å². The van der Waals surface area contributed by atoms with E-state index in [1.807, 2.05) is 19.1 Å². The largest absolute Gasteiger partial charge is 0.374 e. The second kappa shape index (κ2) is 5.58. The summed E-state index contributed by atoms with van der Waals surface area (Å²) < 4.78 is 19.1. The number of hydrogen-bond donors (Lipinski definition) is 1. The van der Waals surface area contributed by atoms with Crippen LogP contribution in [0.2, 0.25) is 0 Å².